The molecule has 1 aromatic carbocycles. The molecule has 0 bridgehead atoms. The van der Waals surface area contributed by atoms with Crippen LogP contribution in [0, 0.1) is 0 Å². The SMILES string of the molecule is CNC(=O)N(/C(C)=C(\C=O)c1ccsc1)c1cccc(C(F)(F)F)c1. The summed E-state index contributed by atoms with van der Waals surface area (Å²) in [5.41, 5.74) is 0.184. The van der Waals surface area contributed by atoms with Crippen molar-refractivity contribution < 1.29 is 22.8 Å². The quantitative estimate of drug-likeness (QED) is 0.636. The van der Waals surface area contributed by atoms with Crippen molar-refractivity contribution >= 4 is 34.9 Å². The highest BCUT2D eigenvalue weighted by atomic mass is 32.1. The largest absolute Gasteiger partial charge is 0.416 e. The van der Waals surface area contributed by atoms with E-state index in [-0.39, 0.29) is 17.0 Å². The summed E-state index contributed by atoms with van der Waals surface area (Å²) in [5, 5.41) is 5.87. The molecule has 1 heterocycles. The molecule has 0 fully saturated rings. The standard InChI is InChI=1S/C17H15F3N2O2S/c1-11(15(9-23)12-6-7-25-10-12)22(16(24)21-2)14-5-3-4-13(8-14)17(18,19)20/h3-10H,1-2H3,(H,21,24)/b15-11+. The van der Waals surface area contributed by atoms with E-state index in [1.807, 2.05) is 0 Å². The zero-order valence-corrected chi connectivity index (χ0v) is 14.2. The lowest BCUT2D eigenvalue weighted by molar-refractivity contribution is -0.137. The summed E-state index contributed by atoms with van der Waals surface area (Å²) in [6.45, 7) is 1.51. The van der Waals surface area contributed by atoms with Crippen molar-refractivity contribution in [2.75, 3.05) is 11.9 Å². The molecule has 2 amide bonds. The molecule has 132 valence electrons. The van der Waals surface area contributed by atoms with Gasteiger partial charge in [-0.3, -0.25) is 9.69 Å². The lowest BCUT2D eigenvalue weighted by Gasteiger charge is -2.25. The van der Waals surface area contributed by atoms with E-state index in [9.17, 15) is 22.8 Å². The maximum Gasteiger partial charge on any atom is 0.416 e. The van der Waals surface area contributed by atoms with Crippen LogP contribution in [-0.4, -0.2) is 19.4 Å². The van der Waals surface area contributed by atoms with Crippen molar-refractivity contribution in [1.29, 1.82) is 0 Å². The van der Waals surface area contributed by atoms with Crippen molar-refractivity contribution in [2.24, 2.45) is 0 Å². The highest BCUT2D eigenvalue weighted by Crippen LogP contribution is 2.33. The Balaban J connectivity index is 2.61. The van der Waals surface area contributed by atoms with Crippen LogP contribution in [0.4, 0.5) is 23.7 Å². The number of anilines is 1. The van der Waals surface area contributed by atoms with Gasteiger partial charge in [0.1, 0.15) is 0 Å². The maximum atomic E-state index is 13.0. The van der Waals surface area contributed by atoms with Crippen LogP contribution >= 0.6 is 11.3 Å². The molecule has 0 saturated carbocycles. The predicted molar refractivity (Wildman–Crippen MR) is 91.4 cm³/mol. The van der Waals surface area contributed by atoms with Gasteiger partial charge in [0, 0.05) is 18.3 Å². The number of benzene rings is 1. The molecular weight excluding hydrogens is 353 g/mol. The van der Waals surface area contributed by atoms with Crippen LogP contribution in [0.2, 0.25) is 0 Å². The minimum absolute atomic E-state index is 0.0151. The molecule has 25 heavy (non-hydrogen) atoms. The molecule has 0 atom stereocenters. The van der Waals surface area contributed by atoms with E-state index < -0.39 is 17.8 Å². The monoisotopic (exact) mass is 368 g/mol. The van der Waals surface area contributed by atoms with Crippen LogP contribution in [0.1, 0.15) is 18.1 Å². The van der Waals surface area contributed by atoms with E-state index in [0.29, 0.717) is 11.8 Å². The fourth-order valence-electron chi connectivity index (χ4n) is 2.30. The fraction of sp³-hybridized carbons (Fsp3) is 0.176. The third kappa shape index (κ3) is 4.08. The summed E-state index contributed by atoms with van der Waals surface area (Å²) in [6, 6.07) is 5.44. The number of allylic oxidation sites excluding steroid dienone is 2. The molecule has 1 aromatic heterocycles. The first-order chi connectivity index (χ1) is 11.8. The van der Waals surface area contributed by atoms with Gasteiger partial charge in [-0.25, -0.2) is 4.79 Å². The fourth-order valence-corrected chi connectivity index (χ4v) is 2.95. The van der Waals surface area contributed by atoms with Gasteiger partial charge in [0.25, 0.3) is 0 Å². The number of carbonyl (C=O) groups excluding carboxylic acids is 2. The highest BCUT2D eigenvalue weighted by molar-refractivity contribution is 7.08. The van der Waals surface area contributed by atoms with Gasteiger partial charge in [0.15, 0.2) is 6.29 Å². The first-order valence-corrected chi connectivity index (χ1v) is 8.11. The van der Waals surface area contributed by atoms with E-state index in [1.54, 1.807) is 16.8 Å². The Kier molecular flexibility index (Phi) is 5.63. The molecule has 0 radical (unpaired) electrons. The van der Waals surface area contributed by atoms with E-state index >= 15 is 0 Å². The van der Waals surface area contributed by atoms with Crippen molar-refractivity contribution in [3.63, 3.8) is 0 Å². The molecule has 0 aliphatic carbocycles. The third-order valence-electron chi connectivity index (χ3n) is 3.52. The number of aldehydes is 1. The van der Waals surface area contributed by atoms with Gasteiger partial charge in [-0.05, 0) is 47.5 Å². The average molecular weight is 368 g/mol. The molecule has 0 unspecified atom stereocenters. The molecule has 0 spiro atoms. The van der Waals surface area contributed by atoms with Crippen LogP contribution in [0.3, 0.4) is 0 Å². The summed E-state index contributed by atoms with van der Waals surface area (Å²) in [6.07, 6.45) is -3.95. The number of nitrogens with one attached hydrogen (secondary N) is 1. The Labute approximate surface area is 146 Å². The molecule has 2 aromatic rings. The van der Waals surface area contributed by atoms with Crippen LogP contribution in [0.15, 0.2) is 46.8 Å². The number of amides is 2. The second-order valence-electron chi connectivity index (χ2n) is 5.07. The number of halogens is 3. The molecule has 0 saturated heterocycles. The Hall–Kier alpha value is -2.61. The zero-order chi connectivity index (χ0) is 18.6. The van der Waals surface area contributed by atoms with Crippen molar-refractivity contribution in [1.82, 2.24) is 5.32 Å². The van der Waals surface area contributed by atoms with Gasteiger partial charge in [-0.1, -0.05) is 6.07 Å². The lowest BCUT2D eigenvalue weighted by atomic mass is 10.1. The number of thiophene rings is 1. The first kappa shape index (κ1) is 18.7. The summed E-state index contributed by atoms with van der Waals surface area (Å²) in [5.74, 6) is 0. The number of nitrogens with zero attached hydrogens (tertiary/aromatic N) is 1. The molecule has 2 rings (SSSR count). The Morgan fingerprint density at radius 2 is 2.00 bits per heavy atom. The van der Waals surface area contributed by atoms with Gasteiger partial charge < -0.3 is 5.32 Å². The van der Waals surface area contributed by atoms with Gasteiger partial charge in [-0.15, -0.1) is 0 Å². The summed E-state index contributed by atoms with van der Waals surface area (Å²) >= 11 is 1.37. The van der Waals surface area contributed by atoms with E-state index in [4.69, 9.17) is 0 Å². The predicted octanol–water partition coefficient (Wildman–Crippen LogP) is 4.54. The second-order valence-corrected chi connectivity index (χ2v) is 5.85. The summed E-state index contributed by atoms with van der Waals surface area (Å²) < 4.78 is 38.9. The Morgan fingerprint density at radius 3 is 2.52 bits per heavy atom. The van der Waals surface area contributed by atoms with Crippen LogP contribution in [-0.2, 0) is 11.0 Å². The number of alkyl halides is 3. The van der Waals surface area contributed by atoms with Crippen LogP contribution < -0.4 is 10.2 Å². The lowest BCUT2D eigenvalue weighted by Crippen LogP contribution is -2.37. The van der Waals surface area contributed by atoms with Gasteiger partial charge >= 0.3 is 12.2 Å². The van der Waals surface area contributed by atoms with Gasteiger partial charge in [0.2, 0.25) is 0 Å². The highest BCUT2D eigenvalue weighted by Gasteiger charge is 2.31. The minimum atomic E-state index is -4.54. The number of rotatable bonds is 4. The van der Waals surface area contributed by atoms with Crippen molar-refractivity contribution in [2.45, 2.75) is 13.1 Å². The van der Waals surface area contributed by atoms with E-state index in [1.165, 1.54) is 37.4 Å². The molecule has 8 heteroatoms. The number of hydrogen-bond donors (Lipinski definition) is 1. The van der Waals surface area contributed by atoms with Gasteiger partial charge in [0.05, 0.1) is 11.3 Å². The van der Waals surface area contributed by atoms with Crippen LogP contribution in [0.5, 0.6) is 0 Å². The Morgan fingerprint density at radius 1 is 1.28 bits per heavy atom. The van der Waals surface area contributed by atoms with Crippen molar-refractivity contribution in [3.8, 4) is 0 Å². The topological polar surface area (TPSA) is 49.4 Å². The third-order valence-corrected chi connectivity index (χ3v) is 4.21. The minimum Gasteiger partial charge on any atom is -0.340 e. The van der Waals surface area contributed by atoms with Crippen LogP contribution in [0.25, 0.3) is 5.57 Å². The molecule has 0 aliphatic heterocycles. The Bertz CT molecular complexity index is 798. The molecule has 1 N–H and O–H groups in total. The molecule has 0 aliphatic rings. The average Bonchev–Trinajstić information content (AvgIpc) is 3.09. The normalized spacial score (nSPS) is 12.4. The smallest absolute Gasteiger partial charge is 0.340 e. The second kappa shape index (κ2) is 7.52. The number of carbonyl (C=O) groups is 2. The van der Waals surface area contributed by atoms with Gasteiger partial charge in [-0.2, -0.15) is 24.5 Å². The molecular formula is C17H15F3N2O2S. The summed E-state index contributed by atoms with van der Waals surface area (Å²) in [4.78, 5) is 24.9. The summed E-state index contributed by atoms with van der Waals surface area (Å²) in [7, 11) is 1.36. The number of hydrogen-bond acceptors (Lipinski definition) is 3. The molecule has 4 nitrogen and oxygen atoms in total. The van der Waals surface area contributed by atoms with E-state index in [0.717, 1.165) is 17.0 Å². The zero-order valence-electron chi connectivity index (χ0n) is 13.4. The van der Waals surface area contributed by atoms with E-state index in [2.05, 4.69) is 5.32 Å². The first-order valence-electron chi connectivity index (χ1n) is 7.17. The maximum absolute atomic E-state index is 13.0. The van der Waals surface area contributed by atoms with Crippen molar-refractivity contribution in [3.05, 3.63) is 57.9 Å². The number of urea groups is 1.